The number of rotatable bonds is 5. The molecule has 0 saturated carbocycles. The molecule has 2 aromatic carbocycles. The molecule has 1 N–H and O–H groups in total. The van der Waals surface area contributed by atoms with Crippen LogP contribution in [0.3, 0.4) is 0 Å². The van der Waals surface area contributed by atoms with Crippen LogP contribution < -0.4 is 10.1 Å². The Morgan fingerprint density at radius 2 is 1.93 bits per heavy atom. The third-order valence-corrected chi connectivity index (χ3v) is 5.34. The normalized spacial score (nSPS) is 10.9. The number of hydrogen-bond acceptors (Lipinski definition) is 5. The van der Waals surface area contributed by atoms with Crippen molar-refractivity contribution < 1.29 is 9.53 Å². The predicted octanol–water partition coefficient (Wildman–Crippen LogP) is 4.41. The van der Waals surface area contributed by atoms with Crippen LogP contribution in [0.2, 0.25) is 0 Å². The van der Waals surface area contributed by atoms with E-state index >= 15 is 0 Å². The summed E-state index contributed by atoms with van der Waals surface area (Å²) in [5.41, 5.74) is 2.84. The monoisotopic (exact) mass is 442 g/mol. The lowest BCUT2D eigenvalue weighted by Gasteiger charge is -2.02. The quantitative estimate of drug-likeness (QED) is 0.496. The van der Waals surface area contributed by atoms with Gasteiger partial charge in [-0.3, -0.25) is 10.1 Å². The number of hydrogen-bond donors (Lipinski definition) is 1. The van der Waals surface area contributed by atoms with Gasteiger partial charge in [0.05, 0.1) is 19.2 Å². The lowest BCUT2D eigenvalue weighted by Crippen LogP contribution is -2.15. The van der Waals surface area contributed by atoms with Crippen molar-refractivity contribution in [2.75, 3.05) is 12.4 Å². The molecule has 0 aliphatic heterocycles. The summed E-state index contributed by atoms with van der Waals surface area (Å²) >= 11 is 4.86. The van der Waals surface area contributed by atoms with Crippen molar-refractivity contribution >= 4 is 44.1 Å². The summed E-state index contributed by atoms with van der Waals surface area (Å²) in [7, 11) is 1.64. The van der Waals surface area contributed by atoms with E-state index in [0.29, 0.717) is 5.95 Å². The summed E-state index contributed by atoms with van der Waals surface area (Å²) in [6.07, 6.45) is 0.269. The third-order valence-electron chi connectivity index (χ3n) is 4.00. The van der Waals surface area contributed by atoms with Crippen molar-refractivity contribution in [2.24, 2.45) is 0 Å². The standard InChI is InChI=1S/C19H15BrN4O2S/c1-26-15-8-4-13(5-9-15)16-11-27-19-22-18(23-24(16)19)21-17(25)10-12-2-6-14(20)7-3-12/h2-9,11H,10H2,1H3,(H,21,23,25). The van der Waals surface area contributed by atoms with Gasteiger partial charge in [0.2, 0.25) is 16.8 Å². The van der Waals surface area contributed by atoms with Crippen molar-refractivity contribution in [1.82, 2.24) is 14.6 Å². The molecule has 136 valence electrons. The molecule has 27 heavy (non-hydrogen) atoms. The molecule has 0 radical (unpaired) electrons. The van der Waals surface area contributed by atoms with E-state index in [1.807, 2.05) is 53.9 Å². The van der Waals surface area contributed by atoms with Gasteiger partial charge in [-0.25, -0.2) is 4.52 Å². The van der Waals surface area contributed by atoms with Gasteiger partial charge in [0.1, 0.15) is 5.75 Å². The molecular formula is C19H15BrN4O2S. The molecule has 4 rings (SSSR count). The van der Waals surface area contributed by atoms with Gasteiger partial charge in [0.15, 0.2) is 0 Å². The van der Waals surface area contributed by atoms with Crippen molar-refractivity contribution in [3.8, 4) is 17.0 Å². The Bertz CT molecular complexity index is 1090. The van der Waals surface area contributed by atoms with Crippen LogP contribution in [0.15, 0.2) is 58.4 Å². The van der Waals surface area contributed by atoms with Crippen LogP contribution in [0.25, 0.3) is 16.2 Å². The van der Waals surface area contributed by atoms with Crippen molar-refractivity contribution in [1.29, 1.82) is 0 Å². The third kappa shape index (κ3) is 3.86. The highest BCUT2D eigenvalue weighted by Gasteiger charge is 2.13. The lowest BCUT2D eigenvalue weighted by molar-refractivity contribution is -0.115. The zero-order valence-electron chi connectivity index (χ0n) is 14.3. The number of benzene rings is 2. The summed E-state index contributed by atoms with van der Waals surface area (Å²) < 4.78 is 7.91. The van der Waals surface area contributed by atoms with E-state index in [4.69, 9.17) is 4.74 Å². The first-order valence-electron chi connectivity index (χ1n) is 8.15. The van der Waals surface area contributed by atoms with Crippen LogP contribution in [0, 0.1) is 0 Å². The fourth-order valence-electron chi connectivity index (χ4n) is 2.65. The first kappa shape index (κ1) is 17.7. The van der Waals surface area contributed by atoms with Crippen LogP contribution in [0.5, 0.6) is 5.75 Å². The first-order chi connectivity index (χ1) is 13.1. The molecule has 0 unspecified atom stereocenters. The zero-order valence-corrected chi connectivity index (χ0v) is 16.8. The van der Waals surface area contributed by atoms with E-state index in [0.717, 1.165) is 32.0 Å². The highest BCUT2D eigenvalue weighted by atomic mass is 79.9. The zero-order chi connectivity index (χ0) is 18.8. The molecule has 0 aliphatic carbocycles. The van der Waals surface area contributed by atoms with Crippen molar-refractivity contribution in [3.63, 3.8) is 0 Å². The minimum atomic E-state index is -0.151. The second kappa shape index (κ2) is 7.50. The predicted molar refractivity (Wildman–Crippen MR) is 109 cm³/mol. The highest BCUT2D eigenvalue weighted by molar-refractivity contribution is 9.10. The number of fused-ring (bicyclic) bond motifs is 1. The first-order valence-corrected chi connectivity index (χ1v) is 9.82. The van der Waals surface area contributed by atoms with E-state index in [1.165, 1.54) is 11.3 Å². The van der Waals surface area contributed by atoms with E-state index < -0.39 is 0 Å². The molecule has 6 nitrogen and oxygen atoms in total. The van der Waals surface area contributed by atoms with Crippen molar-refractivity contribution in [3.05, 3.63) is 63.9 Å². The van der Waals surface area contributed by atoms with E-state index in [1.54, 1.807) is 11.6 Å². The van der Waals surface area contributed by atoms with Crippen LogP contribution in [-0.2, 0) is 11.2 Å². The number of ether oxygens (including phenoxy) is 1. The van der Waals surface area contributed by atoms with Gasteiger partial charge < -0.3 is 4.74 Å². The number of methoxy groups -OCH3 is 1. The van der Waals surface area contributed by atoms with Gasteiger partial charge in [0.25, 0.3) is 0 Å². The largest absolute Gasteiger partial charge is 0.497 e. The molecule has 0 bridgehead atoms. The minimum absolute atomic E-state index is 0.151. The molecule has 0 fully saturated rings. The Morgan fingerprint density at radius 3 is 2.63 bits per heavy atom. The lowest BCUT2D eigenvalue weighted by atomic mass is 10.1. The fourth-order valence-corrected chi connectivity index (χ4v) is 3.75. The molecule has 2 heterocycles. The number of anilines is 1. The maximum atomic E-state index is 12.3. The van der Waals surface area contributed by atoms with E-state index in [-0.39, 0.29) is 12.3 Å². The van der Waals surface area contributed by atoms with Crippen LogP contribution in [0.1, 0.15) is 5.56 Å². The van der Waals surface area contributed by atoms with Gasteiger partial charge in [-0.15, -0.1) is 16.4 Å². The number of aromatic nitrogens is 3. The summed E-state index contributed by atoms with van der Waals surface area (Å²) in [6, 6.07) is 15.4. The number of carbonyl (C=O) groups excluding carboxylic acids is 1. The summed E-state index contributed by atoms with van der Waals surface area (Å²) in [6.45, 7) is 0. The van der Waals surface area contributed by atoms with E-state index in [2.05, 4.69) is 31.3 Å². The van der Waals surface area contributed by atoms with Crippen molar-refractivity contribution in [2.45, 2.75) is 6.42 Å². The van der Waals surface area contributed by atoms with Gasteiger partial charge in [0, 0.05) is 15.4 Å². The minimum Gasteiger partial charge on any atom is -0.497 e. The molecule has 4 aromatic rings. The molecule has 0 atom stereocenters. The van der Waals surface area contributed by atoms with Gasteiger partial charge in [-0.1, -0.05) is 28.1 Å². The number of halogens is 1. The van der Waals surface area contributed by atoms with Gasteiger partial charge in [-0.05, 0) is 42.0 Å². The van der Waals surface area contributed by atoms with Gasteiger partial charge in [-0.2, -0.15) is 4.98 Å². The number of nitrogens with one attached hydrogen (secondary N) is 1. The maximum absolute atomic E-state index is 12.3. The number of carbonyl (C=O) groups is 1. The Balaban J connectivity index is 1.52. The second-order valence-electron chi connectivity index (χ2n) is 5.83. The Kier molecular flexibility index (Phi) is 4.91. The maximum Gasteiger partial charge on any atom is 0.250 e. The molecular weight excluding hydrogens is 428 g/mol. The molecule has 0 aliphatic rings. The molecule has 8 heteroatoms. The number of nitrogens with zero attached hydrogens (tertiary/aromatic N) is 3. The molecule has 2 aromatic heterocycles. The van der Waals surface area contributed by atoms with Crippen LogP contribution >= 0.6 is 27.3 Å². The molecule has 0 saturated heterocycles. The van der Waals surface area contributed by atoms with Crippen LogP contribution in [-0.4, -0.2) is 27.6 Å². The topological polar surface area (TPSA) is 68.5 Å². The summed E-state index contributed by atoms with van der Waals surface area (Å²) in [5.74, 6) is 0.949. The number of thiazole rings is 1. The van der Waals surface area contributed by atoms with Gasteiger partial charge >= 0.3 is 0 Å². The SMILES string of the molecule is COc1ccc(-c2csc3nc(NC(=O)Cc4ccc(Br)cc4)nn23)cc1. The second-order valence-corrected chi connectivity index (χ2v) is 7.58. The molecule has 1 amide bonds. The Hall–Kier alpha value is -2.71. The van der Waals surface area contributed by atoms with E-state index in [9.17, 15) is 4.79 Å². The summed E-state index contributed by atoms with van der Waals surface area (Å²) in [5, 5.41) is 9.19. The average molecular weight is 443 g/mol. The Labute approximate surface area is 167 Å². The highest BCUT2D eigenvalue weighted by Crippen LogP contribution is 2.27. The smallest absolute Gasteiger partial charge is 0.250 e. The summed E-state index contributed by atoms with van der Waals surface area (Å²) in [4.78, 5) is 17.4. The van der Waals surface area contributed by atoms with Crippen LogP contribution in [0.4, 0.5) is 5.95 Å². The Morgan fingerprint density at radius 1 is 1.19 bits per heavy atom. The fraction of sp³-hybridized carbons (Fsp3) is 0.105. The number of amides is 1. The average Bonchev–Trinajstić information content (AvgIpc) is 3.24. The molecule has 0 spiro atoms.